The predicted octanol–water partition coefficient (Wildman–Crippen LogP) is 4.09. The van der Waals surface area contributed by atoms with Crippen molar-refractivity contribution >= 4 is 23.0 Å². The first-order valence-electron chi connectivity index (χ1n) is 6.15. The first kappa shape index (κ1) is 13.7. The highest BCUT2D eigenvalue weighted by atomic mass is 35.5. The van der Waals surface area contributed by atoms with Crippen LogP contribution >= 0.6 is 11.6 Å². The van der Waals surface area contributed by atoms with E-state index in [4.69, 9.17) is 17.3 Å². The second kappa shape index (κ2) is 5.93. The lowest BCUT2D eigenvalue weighted by Crippen LogP contribution is -2.22. The van der Waals surface area contributed by atoms with Crippen LogP contribution in [0.25, 0.3) is 0 Å². The molecule has 0 fully saturated rings. The molecule has 0 aliphatic carbocycles. The van der Waals surface area contributed by atoms with E-state index in [1.807, 2.05) is 37.3 Å². The Balaban J connectivity index is 2.24. The molecule has 2 nitrogen and oxygen atoms in total. The van der Waals surface area contributed by atoms with Crippen LogP contribution in [0.15, 0.2) is 42.5 Å². The van der Waals surface area contributed by atoms with Crippen LogP contribution in [0.2, 0.25) is 5.02 Å². The highest BCUT2D eigenvalue weighted by molar-refractivity contribution is 6.31. The second-order valence-electron chi connectivity index (χ2n) is 4.32. The molecule has 0 saturated heterocycles. The summed E-state index contributed by atoms with van der Waals surface area (Å²) in [6.07, 6.45) is 0. The van der Waals surface area contributed by atoms with Crippen molar-refractivity contribution in [3.63, 3.8) is 0 Å². The number of nitrogens with zero attached hydrogens (tertiary/aromatic N) is 1. The molecular weight excluding hydrogens is 263 g/mol. The number of anilines is 2. The highest BCUT2D eigenvalue weighted by Crippen LogP contribution is 2.24. The van der Waals surface area contributed by atoms with Crippen LogP contribution in [0.5, 0.6) is 0 Å². The van der Waals surface area contributed by atoms with E-state index in [2.05, 4.69) is 4.90 Å². The molecule has 0 unspecified atom stereocenters. The van der Waals surface area contributed by atoms with E-state index in [-0.39, 0.29) is 10.8 Å². The molecule has 100 valence electrons. The quantitative estimate of drug-likeness (QED) is 0.854. The lowest BCUT2D eigenvalue weighted by molar-refractivity contribution is 0.625. The average Bonchev–Trinajstić information content (AvgIpc) is 2.42. The second-order valence-corrected chi connectivity index (χ2v) is 4.70. The zero-order chi connectivity index (χ0) is 13.8. The summed E-state index contributed by atoms with van der Waals surface area (Å²) in [6.45, 7) is 3.41. The molecule has 0 atom stereocenters. The van der Waals surface area contributed by atoms with E-state index in [9.17, 15) is 4.39 Å². The van der Waals surface area contributed by atoms with Gasteiger partial charge < -0.3 is 10.6 Å². The molecule has 0 heterocycles. The maximum atomic E-state index is 13.4. The van der Waals surface area contributed by atoms with Crippen LogP contribution in [0.4, 0.5) is 15.8 Å². The summed E-state index contributed by atoms with van der Waals surface area (Å²) in [6, 6.07) is 12.5. The summed E-state index contributed by atoms with van der Waals surface area (Å²) in [5.74, 6) is -0.382. The normalized spacial score (nSPS) is 10.5. The molecule has 0 radical (unpaired) electrons. The van der Waals surface area contributed by atoms with Gasteiger partial charge in [-0.25, -0.2) is 4.39 Å². The molecule has 4 heteroatoms. The lowest BCUT2D eigenvalue weighted by atomic mass is 10.2. The van der Waals surface area contributed by atoms with Gasteiger partial charge in [-0.3, -0.25) is 0 Å². The Hall–Kier alpha value is -1.74. The Kier molecular flexibility index (Phi) is 4.27. The van der Waals surface area contributed by atoms with Crippen LogP contribution in [0.3, 0.4) is 0 Å². The van der Waals surface area contributed by atoms with E-state index < -0.39 is 0 Å². The molecule has 0 bridgehead atoms. The SMILES string of the molecule is CCN(Cc1cccc(F)c1Cl)c1ccc(N)cc1. The van der Waals surface area contributed by atoms with Gasteiger partial charge >= 0.3 is 0 Å². The summed E-state index contributed by atoms with van der Waals surface area (Å²) >= 11 is 5.99. The minimum atomic E-state index is -0.382. The third-order valence-corrected chi connectivity index (χ3v) is 3.46. The average molecular weight is 279 g/mol. The third kappa shape index (κ3) is 3.18. The van der Waals surface area contributed by atoms with Crippen molar-refractivity contribution in [3.8, 4) is 0 Å². The summed E-state index contributed by atoms with van der Waals surface area (Å²) < 4.78 is 13.4. The lowest BCUT2D eigenvalue weighted by Gasteiger charge is -2.24. The van der Waals surface area contributed by atoms with E-state index in [0.717, 1.165) is 23.5 Å². The van der Waals surface area contributed by atoms with Crippen molar-refractivity contribution in [2.24, 2.45) is 0 Å². The minimum Gasteiger partial charge on any atom is -0.399 e. The largest absolute Gasteiger partial charge is 0.399 e. The number of halogens is 2. The van der Waals surface area contributed by atoms with Gasteiger partial charge in [0, 0.05) is 24.5 Å². The monoisotopic (exact) mass is 278 g/mol. The van der Waals surface area contributed by atoms with Gasteiger partial charge in [-0.05, 0) is 42.8 Å². The van der Waals surface area contributed by atoms with Gasteiger partial charge in [-0.2, -0.15) is 0 Å². The fourth-order valence-electron chi connectivity index (χ4n) is 1.95. The van der Waals surface area contributed by atoms with Gasteiger partial charge in [0.1, 0.15) is 5.82 Å². The maximum absolute atomic E-state index is 13.4. The summed E-state index contributed by atoms with van der Waals surface area (Å²) in [5.41, 5.74) is 8.22. The summed E-state index contributed by atoms with van der Waals surface area (Å²) in [5, 5.41) is 0.191. The smallest absolute Gasteiger partial charge is 0.142 e. The van der Waals surface area contributed by atoms with Gasteiger partial charge in [0.25, 0.3) is 0 Å². The van der Waals surface area contributed by atoms with Gasteiger partial charge in [0.05, 0.1) is 5.02 Å². The van der Waals surface area contributed by atoms with E-state index in [0.29, 0.717) is 6.54 Å². The molecule has 0 saturated carbocycles. The first-order chi connectivity index (χ1) is 9.11. The molecule has 0 aliphatic heterocycles. The fourth-order valence-corrected chi connectivity index (χ4v) is 2.13. The van der Waals surface area contributed by atoms with Crippen molar-refractivity contribution in [2.75, 3.05) is 17.2 Å². The number of benzene rings is 2. The topological polar surface area (TPSA) is 29.3 Å². The molecule has 2 N–H and O–H groups in total. The maximum Gasteiger partial charge on any atom is 0.142 e. The Morgan fingerprint density at radius 1 is 1.16 bits per heavy atom. The van der Waals surface area contributed by atoms with Crippen molar-refractivity contribution < 1.29 is 4.39 Å². The van der Waals surface area contributed by atoms with Crippen LogP contribution < -0.4 is 10.6 Å². The molecule has 0 spiro atoms. The van der Waals surface area contributed by atoms with E-state index >= 15 is 0 Å². The molecule has 2 aromatic rings. The van der Waals surface area contributed by atoms with Gasteiger partial charge in [-0.15, -0.1) is 0 Å². The van der Waals surface area contributed by atoms with Crippen LogP contribution in [0.1, 0.15) is 12.5 Å². The standard InChI is InChI=1S/C15H16ClFN2/c1-2-19(13-8-6-12(18)7-9-13)10-11-4-3-5-14(17)15(11)16/h3-9H,2,10,18H2,1H3. The van der Waals surface area contributed by atoms with Gasteiger partial charge in [0.15, 0.2) is 0 Å². The minimum absolute atomic E-state index is 0.191. The molecule has 19 heavy (non-hydrogen) atoms. The summed E-state index contributed by atoms with van der Waals surface area (Å²) in [4.78, 5) is 2.11. The molecule has 2 rings (SSSR count). The Labute approximate surface area is 117 Å². The van der Waals surface area contributed by atoms with Gasteiger partial charge in [0.2, 0.25) is 0 Å². The Bertz CT molecular complexity index is 555. The first-order valence-corrected chi connectivity index (χ1v) is 6.53. The molecule has 0 amide bonds. The molecular formula is C15H16ClFN2. The predicted molar refractivity (Wildman–Crippen MR) is 79.0 cm³/mol. The molecule has 0 aromatic heterocycles. The van der Waals surface area contributed by atoms with Crippen LogP contribution in [0, 0.1) is 5.82 Å². The summed E-state index contributed by atoms with van der Waals surface area (Å²) in [7, 11) is 0. The third-order valence-electron chi connectivity index (χ3n) is 3.03. The van der Waals surface area contributed by atoms with E-state index in [1.54, 1.807) is 6.07 Å². The van der Waals surface area contributed by atoms with Crippen molar-refractivity contribution in [1.29, 1.82) is 0 Å². The van der Waals surface area contributed by atoms with Crippen molar-refractivity contribution in [2.45, 2.75) is 13.5 Å². The number of rotatable bonds is 4. The van der Waals surface area contributed by atoms with Crippen molar-refractivity contribution in [3.05, 3.63) is 58.9 Å². The van der Waals surface area contributed by atoms with E-state index in [1.165, 1.54) is 6.07 Å². The van der Waals surface area contributed by atoms with Crippen molar-refractivity contribution in [1.82, 2.24) is 0 Å². The molecule has 2 aromatic carbocycles. The number of nitrogen functional groups attached to an aromatic ring is 1. The number of nitrogens with two attached hydrogens (primary N) is 1. The Morgan fingerprint density at radius 2 is 1.84 bits per heavy atom. The molecule has 0 aliphatic rings. The van der Waals surface area contributed by atoms with Crippen LogP contribution in [-0.2, 0) is 6.54 Å². The van der Waals surface area contributed by atoms with Gasteiger partial charge in [-0.1, -0.05) is 23.7 Å². The zero-order valence-electron chi connectivity index (χ0n) is 10.7. The zero-order valence-corrected chi connectivity index (χ0v) is 11.5. The fraction of sp³-hybridized carbons (Fsp3) is 0.200. The number of hydrogen-bond acceptors (Lipinski definition) is 2. The number of hydrogen-bond donors (Lipinski definition) is 1. The van der Waals surface area contributed by atoms with Crippen LogP contribution in [-0.4, -0.2) is 6.54 Å². The highest BCUT2D eigenvalue weighted by Gasteiger charge is 2.10. The Morgan fingerprint density at radius 3 is 2.47 bits per heavy atom.